The van der Waals surface area contributed by atoms with Crippen molar-refractivity contribution in [2.45, 2.75) is 45.4 Å². The summed E-state index contributed by atoms with van der Waals surface area (Å²) in [5.41, 5.74) is 7.22. The van der Waals surface area contributed by atoms with Crippen molar-refractivity contribution >= 4 is 29.1 Å². The maximum atomic E-state index is 13.4. The minimum absolute atomic E-state index is 0.0192. The van der Waals surface area contributed by atoms with Crippen molar-refractivity contribution < 1.29 is 14.7 Å². The van der Waals surface area contributed by atoms with Crippen LogP contribution in [0.4, 0.5) is 0 Å². The van der Waals surface area contributed by atoms with Gasteiger partial charge in [0, 0.05) is 41.2 Å². The summed E-state index contributed by atoms with van der Waals surface area (Å²) in [4.78, 5) is 27.9. The molecule has 204 valence electrons. The molecule has 1 fully saturated rings. The summed E-state index contributed by atoms with van der Waals surface area (Å²) < 4.78 is 1.71. The van der Waals surface area contributed by atoms with Crippen LogP contribution in [0.25, 0.3) is 16.9 Å². The first-order valence-electron chi connectivity index (χ1n) is 12.9. The Morgan fingerprint density at radius 1 is 1.15 bits per heavy atom. The molecule has 9 nitrogen and oxygen atoms in total. The van der Waals surface area contributed by atoms with Gasteiger partial charge < -0.3 is 4.84 Å². The Morgan fingerprint density at radius 3 is 2.56 bits per heavy atom. The van der Waals surface area contributed by atoms with Gasteiger partial charge in [0.05, 0.1) is 23.0 Å². The lowest BCUT2D eigenvalue weighted by Crippen LogP contribution is -2.45. The van der Waals surface area contributed by atoms with E-state index in [0.29, 0.717) is 40.7 Å². The second-order valence-corrected chi connectivity index (χ2v) is 9.91. The Balaban J connectivity index is 1.66. The zero-order chi connectivity index (χ0) is 27.8. The Labute approximate surface area is 237 Å². The molecule has 2 heterocycles. The van der Waals surface area contributed by atoms with Gasteiger partial charge in [-0.3, -0.25) is 10.2 Å². The van der Waals surface area contributed by atoms with Gasteiger partial charge in [-0.05, 0) is 56.0 Å². The van der Waals surface area contributed by atoms with Crippen molar-refractivity contribution in [3.8, 4) is 28.8 Å². The number of amides is 1. The summed E-state index contributed by atoms with van der Waals surface area (Å²) in [6.45, 7) is 3.64. The average Bonchev–Trinajstić information content (AvgIpc) is 3.31. The molecule has 2 aromatic carbocycles. The second-order valence-electron chi connectivity index (χ2n) is 9.07. The predicted molar refractivity (Wildman–Crippen MR) is 150 cm³/mol. The van der Waals surface area contributed by atoms with Gasteiger partial charge in [-0.2, -0.15) is 5.10 Å². The molecule has 1 aliphatic heterocycles. The molecular weight excluding hydrogens is 541 g/mol. The molecule has 0 atom stereocenters. The number of hydrogen-bond acceptors (Lipinski definition) is 6. The molecule has 1 amide bonds. The third-order valence-electron chi connectivity index (χ3n) is 6.34. The van der Waals surface area contributed by atoms with Crippen molar-refractivity contribution in [1.29, 1.82) is 0 Å². The number of aromatic nitrogens is 2. The maximum absolute atomic E-state index is 13.4. The molecule has 0 unspecified atom stereocenters. The Morgan fingerprint density at radius 2 is 1.90 bits per heavy atom. The van der Waals surface area contributed by atoms with Gasteiger partial charge in [-0.1, -0.05) is 60.5 Å². The Bertz CT molecular complexity index is 1390. The van der Waals surface area contributed by atoms with Gasteiger partial charge in [0.1, 0.15) is 0 Å². The van der Waals surface area contributed by atoms with E-state index in [1.54, 1.807) is 22.9 Å². The molecule has 3 aromatic rings. The van der Waals surface area contributed by atoms with Gasteiger partial charge in [-0.25, -0.2) is 9.69 Å². The molecule has 39 heavy (non-hydrogen) atoms. The number of carbonyl (C=O) groups is 1. The number of rotatable bonds is 9. The van der Waals surface area contributed by atoms with E-state index < -0.39 is 5.09 Å². The zero-order valence-corrected chi connectivity index (χ0v) is 23.1. The number of benzene rings is 2. The van der Waals surface area contributed by atoms with E-state index >= 15 is 0 Å². The van der Waals surface area contributed by atoms with Crippen LogP contribution in [0.5, 0.6) is 0 Å². The van der Waals surface area contributed by atoms with E-state index in [0.717, 1.165) is 54.7 Å². The van der Waals surface area contributed by atoms with Crippen molar-refractivity contribution in [3.63, 3.8) is 0 Å². The SMILES string of the molecule is CCc1c(C(=O)NN2CCCCC2)nn(-c2ccc(Cl)cc2Cl)c1-c1ccc(C#CCCCO[N+](=O)[O-])cc1. The first-order valence-corrected chi connectivity index (χ1v) is 13.6. The van der Waals surface area contributed by atoms with Gasteiger partial charge in [0.2, 0.25) is 0 Å². The summed E-state index contributed by atoms with van der Waals surface area (Å²) in [6, 6.07) is 12.8. The maximum Gasteiger partial charge on any atom is 0.294 e. The molecule has 0 spiro atoms. The zero-order valence-electron chi connectivity index (χ0n) is 21.6. The summed E-state index contributed by atoms with van der Waals surface area (Å²) in [6.07, 6.45) is 4.78. The number of unbranched alkanes of at least 4 members (excludes halogenated alkanes) is 1. The molecule has 4 rings (SSSR count). The van der Waals surface area contributed by atoms with E-state index in [-0.39, 0.29) is 12.5 Å². The van der Waals surface area contributed by atoms with E-state index in [4.69, 9.17) is 28.3 Å². The van der Waals surface area contributed by atoms with E-state index in [9.17, 15) is 14.9 Å². The standard InChI is InChI=1S/C28H29Cl2N5O4/c1-2-23-26(28(36)32-33-16-6-4-7-17-33)31-34(25-15-14-22(29)19-24(25)30)27(23)21-12-10-20(11-13-21)9-5-3-8-18-39-35(37)38/h10-15,19H,2-4,6-8,16-18H2,1H3,(H,32,36). The fourth-order valence-corrected chi connectivity index (χ4v) is 4.96. The van der Waals surface area contributed by atoms with Crippen LogP contribution in [0.15, 0.2) is 42.5 Å². The fraction of sp³-hybridized carbons (Fsp3) is 0.357. The molecule has 1 N–H and O–H groups in total. The van der Waals surface area contributed by atoms with Gasteiger partial charge in [-0.15, -0.1) is 10.1 Å². The van der Waals surface area contributed by atoms with Crippen LogP contribution < -0.4 is 5.43 Å². The van der Waals surface area contributed by atoms with Crippen LogP contribution in [0.2, 0.25) is 10.0 Å². The van der Waals surface area contributed by atoms with Crippen LogP contribution in [-0.4, -0.2) is 45.5 Å². The predicted octanol–water partition coefficient (Wildman–Crippen LogP) is 5.88. The molecule has 0 bridgehead atoms. The number of nitrogens with one attached hydrogen (secondary N) is 1. The number of hydrazine groups is 1. The van der Waals surface area contributed by atoms with Crippen LogP contribution in [0.3, 0.4) is 0 Å². The normalized spacial score (nSPS) is 13.4. The van der Waals surface area contributed by atoms with Crippen molar-refractivity contribution in [2.75, 3.05) is 19.7 Å². The molecule has 0 saturated carbocycles. The molecule has 1 saturated heterocycles. The highest BCUT2D eigenvalue weighted by atomic mass is 35.5. The highest BCUT2D eigenvalue weighted by Gasteiger charge is 2.26. The first-order chi connectivity index (χ1) is 18.9. The lowest BCUT2D eigenvalue weighted by atomic mass is 10.0. The minimum atomic E-state index is -0.804. The molecule has 0 aliphatic carbocycles. The molecule has 11 heteroatoms. The van der Waals surface area contributed by atoms with Crippen LogP contribution in [0, 0.1) is 22.0 Å². The monoisotopic (exact) mass is 569 g/mol. The van der Waals surface area contributed by atoms with Crippen LogP contribution in [-0.2, 0) is 11.3 Å². The first kappa shape index (κ1) is 28.4. The van der Waals surface area contributed by atoms with E-state index in [1.807, 2.05) is 36.2 Å². The highest BCUT2D eigenvalue weighted by molar-refractivity contribution is 6.35. The molecular formula is C28H29Cl2N5O4. The van der Waals surface area contributed by atoms with Crippen molar-refractivity contribution in [1.82, 2.24) is 20.2 Å². The third-order valence-corrected chi connectivity index (χ3v) is 6.88. The van der Waals surface area contributed by atoms with Gasteiger partial charge in [0.15, 0.2) is 5.69 Å². The number of piperidine rings is 1. The highest BCUT2D eigenvalue weighted by Crippen LogP contribution is 2.33. The summed E-state index contributed by atoms with van der Waals surface area (Å²) >= 11 is 12.7. The molecule has 1 aromatic heterocycles. The number of halogens is 2. The summed E-state index contributed by atoms with van der Waals surface area (Å²) in [5, 5.41) is 17.1. The lowest BCUT2D eigenvalue weighted by Gasteiger charge is -2.26. The quantitative estimate of drug-likeness (QED) is 0.149. The van der Waals surface area contributed by atoms with Crippen LogP contribution >= 0.6 is 23.2 Å². The van der Waals surface area contributed by atoms with Crippen LogP contribution in [0.1, 0.15) is 60.6 Å². The largest absolute Gasteiger partial charge is 0.314 e. The van der Waals surface area contributed by atoms with Gasteiger partial charge in [0.25, 0.3) is 11.0 Å². The van der Waals surface area contributed by atoms with E-state index in [1.165, 1.54) is 0 Å². The summed E-state index contributed by atoms with van der Waals surface area (Å²) in [5.74, 6) is 5.83. The smallest absolute Gasteiger partial charge is 0.294 e. The van der Waals surface area contributed by atoms with Crippen molar-refractivity contribution in [2.24, 2.45) is 0 Å². The molecule has 1 aliphatic rings. The Hall–Kier alpha value is -3.58. The third kappa shape index (κ3) is 7.30. The number of carbonyl (C=O) groups excluding carboxylic acids is 1. The number of hydrogen-bond donors (Lipinski definition) is 1. The second kappa shape index (κ2) is 13.5. The minimum Gasteiger partial charge on any atom is -0.314 e. The van der Waals surface area contributed by atoms with Gasteiger partial charge >= 0.3 is 0 Å². The lowest BCUT2D eigenvalue weighted by molar-refractivity contribution is -0.757. The topological polar surface area (TPSA) is 103 Å². The number of nitrogens with zero attached hydrogens (tertiary/aromatic N) is 4. The molecule has 0 radical (unpaired) electrons. The van der Waals surface area contributed by atoms with Crippen molar-refractivity contribution in [3.05, 3.63) is 79.4 Å². The van der Waals surface area contributed by atoms with E-state index in [2.05, 4.69) is 22.1 Å². The Kier molecular flexibility index (Phi) is 9.82. The average molecular weight is 570 g/mol. The summed E-state index contributed by atoms with van der Waals surface area (Å²) in [7, 11) is 0. The fourth-order valence-electron chi connectivity index (χ4n) is 4.47.